The lowest BCUT2D eigenvalue weighted by Crippen LogP contribution is -2.30. The molecule has 0 aliphatic rings. The van der Waals surface area contributed by atoms with Gasteiger partial charge in [-0.25, -0.2) is 0 Å². The van der Waals surface area contributed by atoms with Crippen LogP contribution in [0.4, 0.5) is 0 Å². The van der Waals surface area contributed by atoms with Crippen LogP contribution in [0.3, 0.4) is 0 Å². The van der Waals surface area contributed by atoms with E-state index in [0.29, 0.717) is 5.75 Å². The predicted molar refractivity (Wildman–Crippen MR) is 80.5 cm³/mol. The molecule has 0 aliphatic heterocycles. The van der Waals surface area contributed by atoms with Gasteiger partial charge >= 0.3 is 0 Å². The Morgan fingerprint density at radius 2 is 2.26 bits per heavy atom. The van der Waals surface area contributed by atoms with Crippen LogP contribution in [0.15, 0.2) is 46.3 Å². The third kappa shape index (κ3) is 4.36. The van der Waals surface area contributed by atoms with Gasteiger partial charge < -0.3 is 10.1 Å². The molecule has 0 saturated heterocycles. The van der Waals surface area contributed by atoms with Crippen molar-refractivity contribution in [2.75, 3.05) is 6.61 Å². The molecule has 1 amide bonds. The molecule has 0 radical (unpaired) electrons. The molecule has 0 unspecified atom stereocenters. The second-order valence-electron chi connectivity index (χ2n) is 4.05. The maximum atomic E-state index is 11.8. The number of halogens is 1. The van der Waals surface area contributed by atoms with Crippen LogP contribution in [-0.4, -0.2) is 12.5 Å². The number of ether oxygens (including phenoxy) is 1. The van der Waals surface area contributed by atoms with Crippen molar-refractivity contribution in [1.82, 2.24) is 5.32 Å². The van der Waals surface area contributed by atoms with Gasteiger partial charge in [-0.1, -0.05) is 28.1 Å². The summed E-state index contributed by atoms with van der Waals surface area (Å²) in [7, 11) is 0. The summed E-state index contributed by atoms with van der Waals surface area (Å²) in [6.45, 7) is 1.98. The summed E-state index contributed by atoms with van der Waals surface area (Å²) < 4.78 is 6.36. The molecule has 1 aromatic carbocycles. The van der Waals surface area contributed by atoms with Crippen LogP contribution in [0.1, 0.15) is 17.8 Å². The van der Waals surface area contributed by atoms with Crippen molar-refractivity contribution < 1.29 is 9.53 Å². The molecular formula is C14H14BrNO2S. The summed E-state index contributed by atoms with van der Waals surface area (Å²) in [6, 6.07) is 11.4. The molecule has 0 fully saturated rings. The van der Waals surface area contributed by atoms with Crippen LogP contribution < -0.4 is 10.1 Å². The second-order valence-corrected chi connectivity index (χ2v) is 5.95. The first-order chi connectivity index (χ1) is 9.15. The minimum Gasteiger partial charge on any atom is -0.484 e. The SMILES string of the molecule is C[C@H](NC(=O)COc1cccc(Br)c1)c1cccs1. The molecule has 5 heteroatoms. The van der Waals surface area contributed by atoms with Crippen LogP contribution in [0.2, 0.25) is 0 Å². The van der Waals surface area contributed by atoms with E-state index >= 15 is 0 Å². The molecule has 0 bridgehead atoms. The lowest BCUT2D eigenvalue weighted by molar-refractivity contribution is -0.123. The number of benzene rings is 1. The molecule has 1 atom stereocenters. The molecule has 3 nitrogen and oxygen atoms in total. The van der Waals surface area contributed by atoms with Gasteiger partial charge in [-0.3, -0.25) is 4.79 Å². The Kier molecular flexibility index (Phi) is 4.99. The lowest BCUT2D eigenvalue weighted by atomic mass is 10.3. The zero-order chi connectivity index (χ0) is 13.7. The molecular weight excluding hydrogens is 326 g/mol. The molecule has 0 spiro atoms. The molecule has 0 aliphatic carbocycles. The summed E-state index contributed by atoms with van der Waals surface area (Å²) in [6.07, 6.45) is 0. The van der Waals surface area contributed by atoms with Crippen molar-refractivity contribution in [2.45, 2.75) is 13.0 Å². The summed E-state index contributed by atoms with van der Waals surface area (Å²) >= 11 is 4.98. The monoisotopic (exact) mass is 339 g/mol. The molecule has 2 aromatic rings. The van der Waals surface area contributed by atoms with Crippen molar-refractivity contribution in [3.63, 3.8) is 0 Å². The van der Waals surface area contributed by atoms with Crippen molar-refractivity contribution in [3.05, 3.63) is 51.1 Å². The van der Waals surface area contributed by atoms with Gasteiger partial charge in [-0.15, -0.1) is 11.3 Å². The molecule has 19 heavy (non-hydrogen) atoms. The van der Waals surface area contributed by atoms with Gasteiger partial charge in [0.25, 0.3) is 5.91 Å². The van der Waals surface area contributed by atoms with Crippen LogP contribution >= 0.6 is 27.3 Å². The number of rotatable bonds is 5. The summed E-state index contributed by atoms with van der Waals surface area (Å²) in [4.78, 5) is 12.9. The quantitative estimate of drug-likeness (QED) is 0.900. The van der Waals surface area contributed by atoms with E-state index in [2.05, 4.69) is 21.2 Å². The van der Waals surface area contributed by atoms with Gasteiger partial charge in [0.1, 0.15) is 5.75 Å². The van der Waals surface area contributed by atoms with E-state index in [1.807, 2.05) is 48.7 Å². The average Bonchev–Trinajstić information content (AvgIpc) is 2.90. The van der Waals surface area contributed by atoms with Gasteiger partial charge in [0, 0.05) is 9.35 Å². The zero-order valence-corrected chi connectivity index (χ0v) is 12.8. The van der Waals surface area contributed by atoms with Crippen LogP contribution in [0, 0.1) is 0 Å². The number of amides is 1. The first kappa shape index (κ1) is 14.1. The normalized spacial score (nSPS) is 11.9. The van der Waals surface area contributed by atoms with Gasteiger partial charge in [-0.05, 0) is 36.6 Å². The molecule has 100 valence electrons. The van der Waals surface area contributed by atoms with Crippen LogP contribution in [0.5, 0.6) is 5.75 Å². The third-order valence-corrected chi connectivity index (χ3v) is 4.06. The fraction of sp³-hybridized carbons (Fsp3) is 0.214. The van der Waals surface area contributed by atoms with Gasteiger partial charge in [0.05, 0.1) is 6.04 Å². The zero-order valence-electron chi connectivity index (χ0n) is 10.4. The Morgan fingerprint density at radius 1 is 1.42 bits per heavy atom. The standard InChI is InChI=1S/C14H14BrNO2S/c1-10(13-6-3-7-19-13)16-14(17)9-18-12-5-2-4-11(15)8-12/h2-8,10H,9H2,1H3,(H,16,17)/t10-/m0/s1. The first-order valence-electron chi connectivity index (χ1n) is 5.86. The summed E-state index contributed by atoms with van der Waals surface area (Å²) in [5.74, 6) is 0.550. The number of carbonyl (C=O) groups is 1. The minimum absolute atomic E-state index is 0.0126. The molecule has 1 heterocycles. The topological polar surface area (TPSA) is 38.3 Å². The molecule has 1 aromatic heterocycles. The maximum absolute atomic E-state index is 11.8. The van der Waals surface area contributed by atoms with E-state index in [1.165, 1.54) is 0 Å². The van der Waals surface area contributed by atoms with Crippen LogP contribution in [-0.2, 0) is 4.79 Å². The largest absolute Gasteiger partial charge is 0.484 e. The smallest absolute Gasteiger partial charge is 0.258 e. The highest BCUT2D eigenvalue weighted by atomic mass is 79.9. The number of hydrogen-bond acceptors (Lipinski definition) is 3. The molecule has 0 saturated carbocycles. The lowest BCUT2D eigenvalue weighted by Gasteiger charge is -2.12. The number of hydrogen-bond donors (Lipinski definition) is 1. The first-order valence-corrected chi connectivity index (χ1v) is 7.53. The Balaban J connectivity index is 1.82. The predicted octanol–water partition coefficient (Wildman–Crippen LogP) is 3.77. The third-order valence-electron chi connectivity index (χ3n) is 2.51. The van der Waals surface area contributed by atoms with Crippen molar-refractivity contribution >= 4 is 33.2 Å². The Morgan fingerprint density at radius 3 is 2.95 bits per heavy atom. The van der Waals surface area contributed by atoms with Crippen molar-refractivity contribution in [3.8, 4) is 5.75 Å². The minimum atomic E-state index is -0.124. The highest BCUT2D eigenvalue weighted by molar-refractivity contribution is 9.10. The highest BCUT2D eigenvalue weighted by Gasteiger charge is 2.10. The van der Waals surface area contributed by atoms with E-state index in [4.69, 9.17) is 4.74 Å². The molecule has 2 rings (SSSR count). The average molecular weight is 340 g/mol. The van der Waals surface area contributed by atoms with E-state index in [0.717, 1.165) is 9.35 Å². The summed E-state index contributed by atoms with van der Waals surface area (Å²) in [5.41, 5.74) is 0. The van der Waals surface area contributed by atoms with E-state index in [-0.39, 0.29) is 18.6 Å². The van der Waals surface area contributed by atoms with Crippen LogP contribution in [0.25, 0.3) is 0 Å². The van der Waals surface area contributed by atoms with Crippen molar-refractivity contribution in [2.24, 2.45) is 0 Å². The van der Waals surface area contributed by atoms with Gasteiger partial charge in [0.15, 0.2) is 6.61 Å². The van der Waals surface area contributed by atoms with Gasteiger partial charge in [-0.2, -0.15) is 0 Å². The number of nitrogens with one attached hydrogen (secondary N) is 1. The van der Waals surface area contributed by atoms with E-state index < -0.39 is 0 Å². The van der Waals surface area contributed by atoms with Crippen molar-refractivity contribution in [1.29, 1.82) is 0 Å². The van der Waals surface area contributed by atoms with Gasteiger partial charge in [0.2, 0.25) is 0 Å². The number of carbonyl (C=O) groups excluding carboxylic acids is 1. The van der Waals surface area contributed by atoms with E-state index in [9.17, 15) is 4.79 Å². The molecule has 1 N–H and O–H groups in total. The fourth-order valence-corrected chi connectivity index (χ4v) is 2.71. The van der Waals surface area contributed by atoms with E-state index in [1.54, 1.807) is 11.3 Å². The fourth-order valence-electron chi connectivity index (χ4n) is 1.60. The summed E-state index contributed by atoms with van der Waals surface area (Å²) in [5, 5.41) is 4.90. The Hall–Kier alpha value is -1.33. The maximum Gasteiger partial charge on any atom is 0.258 e. The second kappa shape index (κ2) is 6.73. The highest BCUT2D eigenvalue weighted by Crippen LogP contribution is 2.19. The Bertz CT molecular complexity index is 542. The Labute approximate surface area is 124 Å². The number of thiophene rings is 1.